The monoisotopic (exact) mass is 384 g/mol. The predicted octanol–water partition coefficient (Wildman–Crippen LogP) is 3.76. The molecule has 0 N–H and O–H groups in total. The van der Waals surface area contributed by atoms with Crippen molar-refractivity contribution >= 4 is 11.9 Å². The van der Waals surface area contributed by atoms with Crippen molar-refractivity contribution in [3.05, 3.63) is 23.2 Å². The minimum atomic E-state index is -0.534. The maximum Gasteiger partial charge on any atom is 0.342 e. The first kappa shape index (κ1) is 19.0. The zero-order valence-corrected chi connectivity index (χ0v) is 16.7. The predicted molar refractivity (Wildman–Crippen MR) is 101 cm³/mol. The average molecular weight is 384 g/mol. The zero-order chi connectivity index (χ0) is 19.9. The Bertz CT molecular complexity index is 784. The Hall–Kier alpha value is -2.29. The fourth-order valence-electron chi connectivity index (χ4n) is 6.30. The maximum absolute atomic E-state index is 13.1. The fourth-order valence-corrected chi connectivity index (χ4v) is 6.30. The lowest BCUT2D eigenvalue weighted by atomic mass is 9.52. The van der Waals surface area contributed by atoms with Crippen molar-refractivity contribution in [2.24, 2.45) is 17.8 Å². The summed E-state index contributed by atoms with van der Waals surface area (Å²) in [5.74, 6) is 2.52. The first-order valence-electron chi connectivity index (χ1n) is 10.3. The van der Waals surface area contributed by atoms with Crippen LogP contribution in [0.1, 0.15) is 66.8 Å². The summed E-state index contributed by atoms with van der Waals surface area (Å²) in [5, 5.41) is 9.09. The molecular weight excluding hydrogens is 356 g/mol. The van der Waals surface area contributed by atoms with Gasteiger partial charge in [0, 0.05) is 12.1 Å². The standard InChI is InChI=1S/C22H28N2O4/c1-14-6-19(15(2)28-14)21(26)27-13-20(25)24(5-3-4-23)22-10-16-7-17(11-22)9-18(8-16)12-22/h6,16-18H,3,5,7-13H2,1-2H3. The van der Waals surface area contributed by atoms with E-state index in [0.29, 0.717) is 47.8 Å². The van der Waals surface area contributed by atoms with Gasteiger partial charge < -0.3 is 14.1 Å². The van der Waals surface area contributed by atoms with Gasteiger partial charge in [0.2, 0.25) is 0 Å². The summed E-state index contributed by atoms with van der Waals surface area (Å²) in [6.07, 6.45) is 7.26. The molecule has 0 aromatic carbocycles. The van der Waals surface area contributed by atoms with Crippen LogP contribution in [0.2, 0.25) is 0 Å². The van der Waals surface area contributed by atoms with Crippen LogP contribution >= 0.6 is 0 Å². The van der Waals surface area contributed by atoms with E-state index in [0.717, 1.165) is 19.3 Å². The van der Waals surface area contributed by atoms with Gasteiger partial charge in [-0.15, -0.1) is 0 Å². The number of esters is 1. The third kappa shape index (κ3) is 3.43. The number of nitriles is 1. The molecule has 0 aliphatic heterocycles. The Morgan fingerprint density at radius 2 is 1.82 bits per heavy atom. The molecule has 0 saturated heterocycles. The molecule has 5 rings (SSSR count). The van der Waals surface area contributed by atoms with Crippen LogP contribution in [0.3, 0.4) is 0 Å². The van der Waals surface area contributed by atoms with Crippen LogP contribution in [0.4, 0.5) is 0 Å². The van der Waals surface area contributed by atoms with E-state index < -0.39 is 5.97 Å². The van der Waals surface area contributed by atoms with E-state index in [9.17, 15) is 9.59 Å². The Kier molecular flexibility index (Phi) is 4.95. The molecule has 0 radical (unpaired) electrons. The molecule has 4 saturated carbocycles. The summed E-state index contributed by atoms with van der Waals surface area (Å²) in [6, 6.07) is 3.81. The number of aryl methyl sites for hydroxylation is 2. The molecule has 1 aromatic rings. The molecule has 1 amide bonds. The van der Waals surface area contributed by atoms with Gasteiger partial charge in [0.25, 0.3) is 5.91 Å². The molecule has 0 atom stereocenters. The molecule has 4 bridgehead atoms. The number of hydrogen-bond donors (Lipinski definition) is 0. The molecule has 6 nitrogen and oxygen atoms in total. The average Bonchev–Trinajstić information content (AvgIpc) is 2.97. The molecular formula is C22H28N2O4. The van der Waals surface area contributed by atoms with Crippen molar-refractivity contribution in [2.75, 3.05) is 13.2 Å². The minimum Gasteiger partial charge on any atom is -0.466 e. The second kappa shape index (κ2) is 7.27. The van der Waals surface area contributed by atoms with Crippen molar-refractivity contribution < 1.29 is 18.7 Å². The number of hydrogen-bond acceptors (Lipinski definition) is 5. The van der Waals surface area contributed by atoms with Crippen LogP contribution in [0.15, 0.2) is 10.5 Å². The topological polar surface area (TPSA) is 83.5 Å². The van der Waals surface area contributed by atoms with Gasteiger partial charge in [-0.1, -0.05) is 0 Å². The van der Waals surface area contributed by atoms with Gasteiger partial charge in [0.1, 0.15) is 17.1 Å². The Morgan fingerprint density at radius 1 is 1.21 bits per heavy atom. The molecule has 1 aromatic heterocycles. The number of amides is 1. The smallest absolute Gasteiger partial charge is 0.342 e. The van der Waals surface area contributed by atoms with E-state index in [-0.39, 0.29) is 18.1 Å². The minimum absolute atomic E-state index is 0.142. The third-order valence-corrected chi connectivity index (χ3v) is 6.91. The summed E-state index contributed by atoms with van der Waals surface area (Å²) < 4.78 is 10.7. The number of nitrogens with zero attached hydrogens (tertiary/aromatic N) is 2. The van der Waals surface area contributed by atoms with Gasteiger partial charge in [-0.25, -0.2) is 4.79 Å². The van der Waals surface area contributed by atoms with Crippen LogP contribution < -0.4 is 0 Å². The molecule has 6 heteroatoms. The first-order valence-corrected chi connectivity index (χ1v) is 10.3. The SMILES string of the molecule is Cc1cc(C(=O)OCC(=O)N(CCC#N)C23CC4CC(CC(C4)C2)C3)c(C)o1. The summed E-state index contributed by atoms with van der Waals surface area (Å²) >= 11 is 0. The first-order chi connectivity index (χ1) is 13.4. The lowest BCUT2D eigenvalue weighted by molar-refractivity contribution is -0.153. The van der Waals surface area contributed by atoms with Crippen LogP contribution in [0.5, 0.6) is 0 Å². The van der Waals surface area contributed by atoms with Crippen LogP contribution in [-0.2, 0) is 9.53 Å². The van der Waals surface area contributed by atoms with Crippen LogP contribution in [0, 0.1) is 42.9 Å². The third-order valence-electron chi connectivity index (χ3n) is 6.91. The molecule has 4 aliphatic carbocycles. The van der Waals surface area contributed by atoms with E-state index in [1.807, 2.05) is 4.90 Å². The maximum atomic E-state index is 13.1. The largest absolute Gasteiger partial charge is 0.466 e. The molecule has 150 valence electrons. The highest BCUT2D eigenvalue weighted by atomic mass is 16.5. The van der Waals surface area contributed by atoms with Crippen molar-refractivity contribution in [3.63, 3.8) is 0 Å². The van der Waals surface area contributed by atoms with E-state index in [1.54, 1.807) is 19.9 Å². The van der Waals surface area contributed by atoms with Crippen LogP contribution in [0.25, 0.3) is 0 Å². The lowest BCUT2D eigenvalue weighted by Crippen LogP contribution is -2.62. The molecule has 0 unspecified atom stereocenters. The summed E-state index contributed by atoms with van der Waals surface area (Å²) in [4.78, 5) is 27.4. The van der Waals surface area contributed by atoms with Crippen LogP contribution in [-0.4, -0.2) is 35.5 Å². The molecule has 0 spiro atoms. The Labute approximate surface area is 165 Å². The van der Waals surface area contributed by atoms with Gasteiger partial charge >= 0.3 is 5.97 Å². The molecule has 1 heterocycles. The number of ether oxygens (including phenoxy) is 1. The van der Waals surface area contributed by atoms with Gasteiger partial charge in [-0.3, -0.25) is 4.79 Å². The summed E-state index contributed by atoms with van der Waals surface area (Å²) in [7, 11) is 0. The van der Waals surface area contributed by atoms with Crippen molar-refractivity contribution in [1.82, 2.24) is 4.90 Å². The Morgan fingerprint density at radius 3 is 2.32 bits per heavy atom. The number of furan rings is 1. The second-order valence-electron chi connectivity index (χ2n) is 9.00. The summed E-state index contributed by atoms with van der Waals surface area (Å²) in [5.41, 5.74) is 0.223. The molecule has 28 heavy (non-hydrogen) atoms. The van der Waals surface area contributed by atoms with E-state index >= 15 is 0 Å². The van der Waals surface area contributed by atoms with Crippen molar-refractivity contribution in [1.29, 1.82) is 5.26 Å². The van der Waals surface area contributed by atoms with Crippen molar-refractivity contribution in [3.8, 4) is 6.07 Å². The molecule has 4 aliphatic rings. The number of rotatable bonds is 6. The fraction of sp³-hybridized carbons (Fsp3) is 0.682. The van der Waals surface area contributed by atoms with E-state index in [4.69, 9.17) is 14.4 Å². The van der Waals surface area contributed by atoms with Gasteiger partial charge in [-0.05, 0) is 76.2 Å². The second-order valence-corrected chi connectivity index (χ2v) is 9.00. The lowest BCUT2D eigenvalue weighted by Gasteiger charge is -2.60. The zero-order valence-electron chi connectivity index (χ0n) is 16.7. The number of carbonyl (C=O) groups excluding carboxylic acids is 2. The highest BCUT2D eigenvalue weighted by Crippen LogP contribution is 2.57. The Balaban J connectivity index is 1.47. The van der Waals surface area contributed by atoms with E-state index in [2.05, 4.69) is 6.07 Å². The normalized spacial score (nSPS) is 30.1. The summed E-state index contributed by atoms with van der Waals surface area (Å²) in [6.45, 7) is 3.62. The highest BCUT2D eigenvalue weighted by molar-refractivity contribution is 5.92. The highest BCUT2D eigenvalue weighted by Gasteiger charge is 2.54. The van der Waals surface area contributed by atoms with Gasteiger partial charge in [-0.2, -0.15) is 5.26 Å². The molecule has 4 fully saturated rings. The quantitative estimate of drug-likeness (QED) is 0.697. The number of carbonyl (C=O) groups is 2. The van der Waals surface area contributed by atoms with Gasteiger partial charge in [0.05, 0.1) is 12.5 Å². The van der Waals surface area contributed by atoms with E-state index in [1.165, 1.54) is 19.3 Å². The van der Waals surface area contributed by atoms with Gasteiger partial charge in [0.15, 0.2) is 6.61 Å². The van der Waals surface area contributed by atoms with Crippen molar-refractivity contribution in [2.45, 2.75) is 64.3 Å².